The van der Waals surface area contributed by atoms with Crippen LogP contribution < -0.4 is 5.32 Å². The van der Waals surface area contributed by atoms with E-state index in [0.717, 1.165) is 25.3 Å². The van der Waals surface area contributed by atoms with Crippen molar-refractivity contribution in [2.24, 2.45) is 10.8 Å². The number of amides is 2. The number of rotatable bonds is 2. The van der Waals surface area contributed by atoms with E-state index in [1.165, 1.54) is 12.1 Å². The Morgan fingerprint density at radius 3 is 2.65 bits per heavy atom. The van der Waals surface area contributed by atoms with Crippen molar-refractivity contribution >= 4 is 34.8 Å². The zero-order valence-corrected chi connectivity index (χ0v) is 15.8. The summed E-state index contributed by atoms with van der Waals surface area (Å²) in [6.07, 6.45) is 2.77. The number of fused-ring (bicyclic) bond motifs is 2. The van der Waals surface area contributed by atoms with Crippen LogP contribution in [0.1, 0.15) is 40.0 Å². The maximum absolute atomic E-state index is 12.7. The van der Waals surface area contributed by atoms with Gasteiger partial charge in [-0.2, -0.15) is 0 Å². The van der Waals surface area contributed by atoms with Gasteiger partial charge < -0.3 is 10.2 Å². The predicted molar refractivity (Wildman–Crippen MR) is 98.0 cm³/mol. The molecule has 0 radical (unpaired) electrons. The Kier molecular flexibility index (Phi) is 4.46. The Balaban J connectivity index is 1.76. The second-order valence-electron chi connectivity index (χ2n) is 8.52. The smallest absolute Gasteiger partial charge is 0.313 e. The third kappa shape index (κ3) is 3.53. The van der Waals surface area contributed by atoms with Crippen LogP contribution >= 0.6 is 11.6 Å². The second kappa shape index (κ2) is 6.23. The summed E-state index contributed by atoms with van der Waals surface area (Å²) < 4.78 is 0. The first-order chi connectivity index (χ1) is 12.0. The molecule has 0 spiro atoms. The summed E-state index contributed by atoms with van der Waals surface area (Å²) in [5.74, 6) is -1.43. The number of likely N-dealkylation sites (tertiary alicyclic amines) is 1. The summed E-state index contributed by atoms with van der Waals surface area (Å²) in [7, 11) is 0. The van der Waals surface area contributed by atoms with Crippen molar-refractivity contribution in [1.29, 1.82) is 0 Å². The highest BCUT2D eigenvalue weighted by molar-refractivity contribution is 6.41. The molecule has 1 saturated heterocycles. The average Bonchev–Trinajstić information content (AvgIpc) is 2.77. The first-order valence-corrected chi connectivity index (χ1v) is 8.93. The van der Waals surface area contributed by atoms with Gasteiger partial charge in [-0.05, 0) is 36.2 Å². The maximum atomic E-state index is 12.7. The van der Waals surface area contributed by atoms with Crippen LogP contribution in [0.4, 0.5) is 11.4 Å². The maximum Gasteiger partial charge on any atom is 0.313 e. The molecule has 1 aromatic rings. The summed E-state index contributed by atoms with van der Waals surface area (Å²) >= 11 is 6.00. The number of carbonyl (C=O) groups is 2. The van der Waals surface area contributed by atoms with Crippen LogP contribution in [-0.4, -0.2) is 34.2 Å². The zero-order valence-electron chi connectivity index (χ0n) is 15.0. The molecule has 1 aliphatic carbocycles. The Bertz CT molecular complexity index is 795. The number of hydrogen-bond donors (Lipinski definition) is 1. The Labute approximate surface area is 156 Å². The van der Waals surface area contributed by atoms with Gasteiger partial charge in [0.25, 0.3) is 5.69 Å². The van der Waals surface area contributed by atoms with E-state index in [4.69, 9.17) is 11.6 Å². The number of hydrogen-bond acceptors (Lipinski definition) is 4. The lowest BCUT2D eigenvalue weighted by molar-refractivity contribution is -0.384. The summed E-state index contributed by atoms with van der Waals surface area (Å²) in [6.45, 7) is 7.09. The molecule has 1 aliphatic heterocycles. The molecule has 1 saturated carbocycles. The summed E-state index contributed by atoms with van der Waals surface area (Å²) in [6, 6.07) is 3.77. The Morgan fingerprint density at radius 2 is 2.00 bits per heavy atom. The van der Waals surface area contributed by atoms with Crippen LogP contribution in [0.15, 0.2) is 18.2 Å². The number of benzene rings is 1. The molecule has 0 aromatic heterocycles. The van der Waals surface area contributed by atoms with Crippen molar-refractivity contribution in [1.82, 2.24) is 4.90 Å². The lowest BCUT2D eigenvalue weighted by atomic mass is 9.65. The molecule has 140 valence electrons. The molecule has 1 aromatic carbocycles. The van der Waals surface area contributed by atoms with Crippen LogP contribution in [-0.2, 0) is 9.59 Å². The van der Waals surface area contributed by atoms with Crippen LogP contribution in [0.5, 0.6) is 0 Å². The average molecular weight is 380 g/mol. The van der Waals surface area contributed by atoms with Crippen LogP contribution in [0.3, 0.4) is 0 Å². The fourth-order valence-corrected chi connectivity index (χ4v) is 4.89. The third-order valence-electron chi connectivity index (χ3n) is 5.28. The number of non-ortho nitro benzene ring substituents is 1. The van der Waals surface area contributed by atoms with E-state index in [1.54, 1.807) is 4.90 Å². The molecule has 1 N–H and O–H groups in total. The number of nitrogens with one attached hydrogen (secondary N) is 1. The predicted octanol–water partition coefficient (Wildman–Crippen LogP) is 3.61. The number of nitro benzene ring substituents is 1. The molecule has 2 bridgehead atoms. The van der Waals surface area contributed by atoms with Crippen molar-refractivity contribution in [3.63, 3.8) is 0 Å². The van der Waals surface area contributed by atoms with Gasteiger partial charge >= 0.3 is 11.8 Å². The molecule has 2 aliphatic rings. The first-order valence-electron chi connectivity index (χ1n) is 8.56. The topological polar surface area (TPSA) is 92.6 Å². The largest absolute Gasteiger partial charge is 0.331 e. The van der Waals surface area contributed by atoms with Crippen molar-refractivity contribution in [2.75, 3.05) is 11.9 Å². The van der Waals surface area contributed by atoms with Crippen molar-refractivity contribution in [3.8, 4) is 0 Å². The van der Waals surface area contributed by atoms with Crippen LogP contribution in [0, 0.1) is 20.9 Å². The van der Waals surface area contributed by atoms with E-state index in [-0.39, 0.29) is 33.3 Å². The van der Waals surface area contributed by atoms with Gasteiger partial charge in [0.1, 0.15) is 0 Å². The molecule has 26 heavy (non-hydrogen) atoms. The van der Waals surface area contributed by atoms with Gasteiger partial charge in [-0.3, -0.25) is 19.7 Å². The highest BCUT2D eigenvalue weighted by Crippen LogP contribution is 2.52. The van der Waals surface area contributed by atoms with E-state index < -0.39 is 16.7 Å². The second-order valence-corrected chi connectivity index (χ2v) is 8.93. The van der Waals surface area contributed by atoms with E-state index in [9.17, 15) is 19.7 Å². The SMILES string of the molecule is CC1(C)CC2CC(C)(CN2C(=O)C(=O)Nc2cc([N+](=O)[O-])ccc2Cl)C1. The van der Waals surface area contributed by atoms with Crippen molar-refractivity contribution in [3.05, 3.63) is 33.3 Å². The van der Waals surface area contributed by atoms with Crippen LogP contribution in [0.25, 0.3) is 0 Å². The minimum atomic E-state index is -0.818. The number of halogens is 1. The summed E-state index contributed by atoms with van der Waals surface area (Å²) in [4.78, 5) is 37.1. The quantitative estimate of drug-likeness (QED) is 0.482. The first kappa shape index (κ1) is 18.6. The van der Waals surface area contributed by atoms with Gasteiger partial charge in [-0.1, -0.05) is 32.4 Å². The normalized spacial score (nSPS) is 26.5. The molecule has 3 rings (SSSR count). The number of nitro groups is 1. The van der Waals surface area contributed by atoms with Gasteiger partial charge in [-0.15, -0.1) is 0 Å². The number of carbonyl (C=O) groups excluding carboxylic acids is 2. The molecular formula is C18H22ClN3O4. The van der Waals surface area contributed by atoms with Gasteiger partial charge in [0, 0.05) is 24.7 Å². The molecular weight excluding hydrogens is 358 g/mol. The fourth-order valence-electron chi connectivity index (χ4n) is 4.73. The van der Waals surface area contributed by atoms with E-state index in [2.05, 4.69) is 26.1 Å². The fraction of sp³-hybridized carbons (Fsp3) is 0.556. The van der Waals surface area contributed by atoms with Crippen molar-refractivity contribution < 1.29 is 14.5 Å². The third-order valence-corrected chi connectivity index (χ3v) is 5.61. The molecule has 2 atom stereocenters. The van der Waals surface area contributed by atoms with Crippen LogP contribution in [0.2, 0.25) is 5.02 Å². The van der Waals surface area contributed by atoms with E-state index in [0.29, 0.717) is 6.54 Å². The molecule has 2 unspecified atom stereocenters. The lowest BCUT2D eigenvalue weighted by Crippen LogP contribution is -2.43. The van der Waals surface area contributed by atoms with Gasteiger partial charge in [0.05, 0.1) is 15.6 Å². The summed E-state index contributed by atoms with van der Waals surface area (Å²) in [5, 5.41) is 13.5. The summed E-state index contributed by atoms with van der Waals surface area (Å²) in [5.41, 5.74) is 0.00860. The number of anilines is 1. The highest BCUT2D eigenvalue weighted by atomic mass is 35.5. The van der Waals surface area contributed by atoms with Gasteiger partial charge in [0.2, 0.25) is 0 Å². The standard InChI is InChI=1S/C18H22ClN3O4/c1-17(2)7-12-8-18(3,9-17)10-21(12)16(24)15(23)20-14-6-11(22(25)26)4-5-13(14)19/h4-6,12H,7-10H2,1-3H3,(H,20,23). The molecule has 2 fully saturated rings. The Morgan fingerprint density at radius 1 is 1.31 bits per heavy atom. The van der Waals surface area contributed by atoms with E-state index in [1.807, 2.05) is 0 Å². The molecule has 2 amide bonds. The minimum absolute atomic E-state index is 0.0194. The van der Waals surface area contributed by atoms with Gasteiger partial charge in [-0.25, -0.2) is 0 Å². The lowest BCUT2D eigenvalue weighted by Gasteiger charge is -2.39. The monoisotopic (exact) mass is 379 g/mol. The molecule has 1 heterocycles. The van der Waals surface area contributed by atoms with E-state index >= 15 is 0 Å². The Hall–Kier alpha value is -2.15. The molecule has 7 nitrogen and oxygen atoms in total. The van der Waals surface area contributed by atoms with Crippen molar-refractivity contribution in [2.45, 2.75) is 46.1 Å². The van der Waals surface area contributed by atoms with Gasteiger partial charge in [0.15, 0.2) is 0 Å². The molecule has 8 heteroatoms. The zero-order chi connectivity index (χ0) is 19.3. The minimum Gasteiger partial charge on any atom is -0.331 e. The number of nitrogens with zero attached hydrogens (tertiary/aromatic N) is 2. The highest BCUT2D eigenvalue weighted by Gasteiger charge is 2.51.